The molecule has 0 saturated heterocycles. The van der Waals surface area contributed by atoms with E-state index in [-0.39, 0.29) is 10.5 Å². The largest absolute Gasteiger partial charge is 0.505 e. The quantitative estimate of drug-likeness (QED) is 0.739. The number of carbonyl (C=O) groups excluding carboxylic acids is 1. The number of carboxylic acids is 1. The Bertz CT molecular complexity index is 751. The van der Waals surface area contributed by atoms with Gasteiger partial charge in [0.1, 0.15) is 11.6 Å². The van der Waals surface area contributed by atoms with Crippen molar-refractivity contribution in [2.75, 3.05) is 6.50 Å². The Kier molecular flexibility index (Phi) is 2.84. The molecule has 98 valence electrons. The first-order valence-electron chi connectivity index (χ1n) is 6.07. The maximum absolute atomic E-state index is 11.9. The molecule has 1 amide bonds. The van der Waals surface area contributed by atoms with Crippen molar-refractivity contribution in [1.29, 1.82) is 0 Å². The van der Waals surface area contributed by atoms with Gasteiger partial charge >= 0.3 is 5.97 Å². The van der Waals surface area contributed by atoms with Gasteiger partial charge in [-0.15, -0.1) is 0 Å². The van der Waals surface area contributed by atoms with Crippen LogP contribution < -0.4 is 5.32 Å². The number of hydrogen-bond donors (Lipinski definition) is 3. The number of carboxylic acid groups (broad SMARTS) is 1. The van der Waals surface area contributed by atoms with Crippen LogP contribution >= 0.6 is 11.6 Å². The van der Waals surface area contributed by atoms with E-state index >= 15 is 0 Å². The summed E-state index contributed by atoms with van der Waals surface area (Å²) in [5, 5.41) is 20.9. The lowest BCUT2D eigenvalue weighted by Gasteiger charge is -2.08. The van der Waals surface area contributed by atoms with Crippen LogP contribution in [-0.2, 0) is 4.79 Å². The maximum Gasteiger partial charge on any atom is 0.322 e. The highest BCUT2D eigenvalue weighted by atomic mass is 35.5. The number of nitrogens with zero attached hydrogens (tertiary/aromatic N) is 1. The van der Waals surface area contributed by atoms with Crippen molar-refractivity contribution in [3.63, 3.8) is 0 Å². The third kappa shape index (κ3) is 2.58. The number of aromatic nitrogens is 1. The van der Waals surface area contributed by atoms with Crippen LogP contribution in [0.3, 0.4) is 0 Å². The van der Waals surface area contributed by atoms with Crippen LogP contribution in [0.1, 0.15) is 13.2 Å². The highest BCUT2D eigenvalue weighted by Crippen LogP contribution is 2.31. The number of amides is 1. The molecular weight excluding hydrogens is 272 g/mol. The number of halogens is 1. The lowest BCUT2D eigenvalue weighted by Crippen LogP contribution is -2.30. The summed E-state index contributed by atoms with van der Waals surface area (Å²) in [7, 11) is 0. The van der Waals surface area contributed by atoms with Crippen molar-refractivity contribution in [2.45, 2.75) is 0 Å². The smallest absolute Gasteiger partial charge is 0.322 e. The van der Waals surface area contributed by atoms with Gasteiger partial charge in [-0.3, -0.25) is 9.59 Å². The number of nitrogens with one attached hydrogen (secondary N) is 1. The Labute approximate surface area is 115 Å². The van der Waals surface area contributed by atoms with Crippen LogP contribution in [0.4, 0.5) is 0 Å². The molecule has 1 aromatic carbocycles. The Morgan fingerprint density at radius 2 is 2.00 bits per heavy atom. The molecule has 7 heteroatoms. The summed E-state index contributed by atoms with van der Waals surface area (Å²) in [4.78, 5) is 26.2. The number of benzene rings is 1. The van der Waals surface area contributed by atoms with Gasteiger partial charge in [-0.25, -0.2) is 4.98 Å². The molecule has 0 aliphatic heterocycles. The van der Waals surface area contributed by atoms with Gasteiger partial charge in [-0.05, 0) is 0 Å². The zero-order valence-electron chi connectivity index (χ0n) is 11.3. The molecule has 2 aromatic rings. The van der Waals surface area contributed by atoms with Crippen LogP contribution in [0.15, 0.2) is 24.3 Å². The fourth-order valence-corrected chi connectivity index (χ4v) is 1.79. The predicted octanol–water partition coefficient (Wildman–Crippen LogP) is 1.41. The summed E-state index contributed by atoms with van der Waals surface area (Å²) in [6.45, 7) is -3.00. The number of rotatable bonds is 3. The van der Waals surface area contributed by atoms with Crippen molar-refractivity contribution >= 4 is 34.2 Å². The van der Waals surface area contributed by atoms with E-state index in [0.717, 1.165) is 0 Å². The van der Waals surface area contributed by atoms with Crippen molar-refractivity contribution in [3.8, 4) is 5.75 Å². The summed E-state index contributed by atoms with van der Waals surface area (Å²) < 4.78 is 14.3. The fraction of sp³-hybridized carbons (Fsp3) is 0.0833. The van der Waals surface area contributed by atoms with E-state index < -0.39 is 29.8 Å². The van der Waals surface area contributed by atoms with Gasteiger partial charge in [0.25, 0.3) is 5.91 Å². The van der Waals surface area contributed by atoms with Gasteiger partial charge in [0.05, 0.1) is 2.74 Å². The average molecular weight is 283 g/mol. The highest BCUT2D eigenvalue weighted by Gasteiger charge is 2.18. The molecule has 19 heavy (non-hydrogen) atoms. The maximum atomic E-state index is 11.9. The minimum atomic E-state index is -3.00. The van der Waals surface area contributed by atoms with Crippen LogP contribution in [0.2, 0.25) is 5.15 Å². The molecular formula is C12H9ClN2O4. The van der Waals surface area contributed by atoms with E-state index in [1.807, 2.05) is 0 Å². The van der Waals surface area contributed by atoms with Gasteiger partial charge in [-0.1, -0.05) is 35.9 Å². The topological polar surface area (TPSA) is 99.5 Å². The van der Waals surface area contributed by atoms with Gasteiger partial charge < -0.3 is 15.5 Å². The Morgan fingerprint density at radius 1 is 1.37 bits per heavy atom. The number of aromatic hydroxyl groups is 1. The van der Waals surface area contributed by atoms with E-state index in [1.165, 1.54) is 6.07 Å². The third-order valence-corrected chi connectivity index (χ3v) is 2.62. The van der Waals surface area contributed by atoms with Crippen LogP contribution in [0, 0.1) is 0 Å². The Balaban J connectivity index is 2.50. The second-order valence-corrected chi connectivity index (χ2v) is 3.89. The minimum Gasteiger partial charge on any atom is -0.505 e. The van der Waals surface area contributed by atoms with Gasteiger partial charge in [0, 0.05) is 10.8 Å². The Hall–Kier alpha value is -2.34. The highest BCUT2D eigenvalue weighted by molar-refractivity contribution is 6.34. The zero-order chi connectivity index (χ0) is 15.8. The summed E-state index contributed by atoms with van der Waals surface area (Å²) in [5.74, 6) is -3.57. The first-order valence-corrected chi connectivity index (χ1v) is 5.45. The molecule has 0 radical (unpaired) electrons. The number of carbonyl (C=O) groups is 2. The second kappa shape index (κ2) is 5.11. The number of pyridine rings is 1. The van der Waals surface area contributed by atoms with Gasteiger partial charge in [-0.2, -0.15) is 0 Å². The van der Waals surface area contributed by atoms with E-state index in [1.54, 1.807) is 23.5 Å². The number of hydrogen-bond acceptors (Lipinski definition) is 4. The summed E-state index contributed by atoms with van der Waals surface area (Å²) in [6.07, 6.45) is 0. The van der Waals surface area contributed by atoms with E-state index in [0.29, 0.717) is 5.39 Å². The van der Waals surface area contributed by atoms with Gasteiger partial charge in [0.15, 0.2) is 11.4 Å². The van der Waals surface area contributed by atoms with E-state index in [9.17, 15) is 14.7 Å². The van der Waals surface area contributed by atoms with Crippen LogP contribution in [-0.4, -0.2) is 33.6 Å². The number of aliphatic carboxylic acids is 1. The molecule has 6 nitrogen and oxygen atoms in total. The molecule has 0 aliphatic carbocycles. The summed E-state index contributed by atoms with van der Waals surface area (Å²) in [6, 6.07) is 6.36. The monoisotopic (exact) mass is 282 g/mol. The lowest BCUT2D eigenvalue weighted by molar-refractivity contribution is -0.135. The van der Waals surface area contributed by atoms with Crippen molar-refractivity contribution < 1.29 is 22.5 Å². The first kappa shape index (κ1) is 10.6. The molecule has 1 aromatic heterocycles. The minimum absolute atomic E-state index is 0.0653. The molecule has 1 heterocycles. The summed E-state index contributed by atoms with van der Waals surface area (Å²) in [5.41, 5.74) is -0.552. The molecule has 0 saturated carbocycles. The van der Waals surface area contributed by atoms with Crippen molar-refractivity contribution in [2.24, 2.45) is 0 Å². The molecule has 0 spiro atoms. The first-order chi connectivity index (χ1) is 9.74. The SMILES string of the molecule is [2H]C([2H])(NC(=O)c1nc(Cl)c2ccccc2c1O)C(=O)O. The normalized spacial score (nSPS) is 12.7. The number of fused-ring (bicyclic) bond motifs is 1. The van der Waals surface area contributed by atoms with Gasteiger partial charge in [0.2, 0.25) is 0 Å². The molecule has 3 N–H and O–H groups in total. The molecule has 0 atom stereocenters. The summed E-state index contributed by atoms with van der Waals surface area (Å²) >= 11 is 5.90. The van der Waals surface area contributed by atoms with E-state index in [2.05, 4.69) is 4.98 Å². The Morgan fingerprint density at radius 3 is 2.63 bits per heavy atom. The van der Waals surface area contributed by atoms with Crippen molar-refractivity contribution in [3.05, 3.63) is 35.1 Å². The predicted molar refractivity (Wildman–Crippen MR) is 68.4 cm³/mol. The second-order valence-electron chi connectivity index (χ2n) is 3.53. The average Bonchev–Trinajstić information content (AvgIpc) is 2.42. The zero-order valence-corrected chi connectivity index (χ0v) is 10.1. The van der Waals surface area contributed by atoms with Crippen molar-refractivity contribution in [1.82, 2.24) is 10.3 Å². The van der Waals surface area contributed by atoms with Crippen LogP contribution in [0.25, 0.3) is 10.8 Å². The van der Waals surface area contributed by atoms with Crippen LogP contribution in [0.5, 0.6) is 5.75 Å². The molecule has 0 bridgehead atoms. The molecule has 0 fully saturated rings. The molecule has 0 aliphatic rings. The van der Waals surface area contributed by atoms with E-state index in [4.69, 9.17) is 19.4 Å². The lowest BCUT2D eigenvalue weighted by atomic mass is 10.1. The third-order valence-electron chi connectivity index (χ3n) is 2.34. The molecule has 0 unspecified atom stereocenters. The fourth-order valence-electron chi connectivity index (χ4n) is 1.54. The molecule has 2 rings (SSSR count). The standard InChI is InChI=1S/C12H9ClN2O4/c13-11-7-4-2-1-3-6(7)10(18)9(15-11)12(19)14-5-8(16)17/h1-4,18H,5H2,(H,14,19)(H,16,17)/i5D2.